The molecule has 5 rings (SSSR count). The van der Waals surface area contributed by atoms with Crippen molar-refractivity contribution in [3.8, 4) is 0 Å². The normalized spacial score (nSPS) is 18.9. The number of thiophene rings is 1. The molecule has 0 radical (unpaired) electrons. The second kappa shape index (κ2) is 9.85. The van der Waals surface area contributed by atoms with Gasteiger partial charge < -0.3 is 15.4 Å². The lowest BCUT2D eigenvalue weighted by atomic mass is 9.95. The summed E-state index contributed by atoms with van der Waals surface area (Å²) in [5, 5.41) is 10.2. The topological polar surface area (TPSA) is 85.2 Å². The number of anilines is 2. The lowest BCUT2D eigenvalue weighted by Crippen LogP contribution is -2.36. The minimum atomic E-state index is -4.55. The average molecular weight is 533 g/mol. The van der Waals surface area contributed by atoms with E-state index in [1.807, 2.05) is 19.1 Å². The first-order valence-corrected chi connectivity index (χ1v) is 13.1. The number of carbonyl (C=O) groups is 2. The van der Waals surface area contributed by atoms with Crippen LogP contribution in [0.1, 0.15) is 80.6 Å². The van der Waals surface area contributed by atoms with Gasteiger partial charge in [-0.1, -0.05) is 29.8 Å². The van der Waals surface area contributed by atoms with E-state index in [1.54, 1.807) is 19.1 Å². The number of nitrogens with zero attached hydrogens (tertiary/aromatic N) is 2. The Balaban J connectivity index is 1.49. The zero-order chi connectivity index (χ0) is 26.3. The molecule has 0 saturated carbocycles. The van der Waals surface area contributed by atoms with E-state index in [-0.39, 0.29) is 24.4 Å². The van der Waals surface area contributed by atoms with Gasteiger partial charge >= 0.3 is 12.1 Å². The van der Waals surface area contributed by atoms with Crippen molar-refractivity contribution in [3.63, 3.8) is 0 Å². The standard InChI is InChI=1S/C26H27F3N4O3S/c1-3-36-25(35)21-16-6-4-5-7-19(16)37-24(21)32-23(34)17-13-30-33-20(26(27,28)29)12-18(31-22(17)33)15-10-8-14(2)9-11-15/h8-11,13,18,20,31H,3-7,12H2,1-2H3,(H,32,34)/t18-,20+/m0/s1. The molecule has 3 aromatic rings. The van der Waals surface area contributed by atoms with Crippen LogP contribution in [0.25, 0.3) is 0 Å². The molecule has 1 amide bonds. The molecular formula is C26H27F3N4O3S. The average Bonchev–Trinajstić information content (AvgIpc) is 3.44. The molecule has 0 fully saturated rings. The van der Waals surface area contributed by atoms with E-state index in [4.69, 9.17) is 4.74 Å². The van der Waals surface area contributed by atoms with Crippen molar-refractivity contribution >= 4 is 34.0 Å². The van der Waals surface area contributed by atoms with Crippen LogP contribution in [0.15, 0.2) is 30.5 Å². The summed E-state index contributed by atoms with van der Waals surface area (Å²) in [5.41, 5.74) is 2.89. The van der Waals surface area contributed by atoms with Crippen LogP contribution in [-0.2, 0) is 17.6 Å². The number of rotatable bonds is 5. The molecule has 1 aliphatic carbocycles. The maximum atomic E-state index is 14.0. The fraction of sp³-hybridized carbons (Fsp3) is 0.423. The molecule has 7 nitrogen and oxygen atoms in total. The third-order valence-corrected chi connectivity index (χ3v) is 8.05. The number of ether oxygens (including phenoxy) is 1. The number of esters is 1. The highest BCUT2D eigenvalue weighted by atomic mass is 32.1. The van der Waals surface area contributed by atoms with Gasteiger partial charge in [0.2, 0.25) is 0 Å². The molecule has 1 aliphatic heterocycles. The monoisotopic (exact) mass is 532 g/mol. The summed E-state index contributed by atoms with van der Waals surface area (Å²) in [6, 6.07) is 4.71. The zero-order valence-electron chi connectivity index (χ0n) is 20.4. The van der Waals surface area contributed by atoms with Gasteiger partial charge in [-0.3, -0.25) is 4.79 Å². The van der Waals surface area contributed by atoms with Crippen molar-refractivity contribution in [1.29, 1.82) is 0 Å². The van der Waals surface area contributed by atoms with Crippen LogP contribution in [-0.4, -0.2) is 34.4 Å². The molecule has 2 aromatic heterocycles. The summed E-state index contributed by atoms with van der Waals surface area (Å²) in [6.45, 7) is 3.80. The van der Waals surface area contributed by atoms with Crippen LogP contribution >= 0.6 is 11.3 Å². The maximum absolute atomic E-state index is 14.0. The molecule has 196 valence electrons. The first-order chi connectivity index (χ1) is 17.7. The molecular weight excluding hydrogens is 505 g/mol. The summed E-state index contributed by atoms with van der Waals surface area (Å²) in [6.07, 6.45) is -0.223. The second-order valence-corrected chi connectivity index (χ2v) is 10.4. The van der Waals surface area contributed by atoms with E-state index in [0.717, 1.165) is 46.1 Å². The van der Waals surface area contributed by atoms with E-state index in [0.29, 0.717) is 22.5 Å². The van der Waals surface area contributed by atoms with Gasteiger partial charge in [0, 0.05) is 11.3 Å². The number of alkyl halides is 3. The highest BCUT2D eigenvalue weighted by Gasteiger charge is 2.47. The molecule has 2 atom stereocenters. The van der Waals surface area contributed by atoms with E-state index >= 15 is 0 Å². The van der Waals surface area contributed by atoms with Crippen molar-refractivity contribution in [2.45, 2.75) is 64.2 Å². The van der Waals surface area contributed by atoms with Gasteiger partial charge in [-0.25, -0.2) is 9.48 Å². The highest BCUT2D eigenvalue weighted by Crippen LogP contribution is 2.45. The quantitative estimate of drug-likeness (QED) is 0.381. The van der Waals surface area contributed by atoms with Crippen LogP contribution in [0.3, 0.4) is 0 Å². The number of fused-ring (bicyclic) bond motifs is 2. The van der Waals surface area contributed by atoms with E-state index < -0.39 is 30.1 Å². The third kappa shape index (κ3) is 4.84. The number of carbonyl (C=O) groups excluding carboxylic acids is 2. The number of amides is 1. The summed E-state index contributed by atoms with van der Waals surface area (Å²) >= 11 is 1.32. The number of nitrogens with one attached hydrogen (secondary N) is 2. The first-order valence-electron chi connectivity index (χ1n) is 12.3. The van der Waals surface area contributed by atoms with Gasteiger partial charge in [-0.2, -0.15) is 18.3 Å². The van der Waals surface area contributed by atoms with E-state index in [1.165, 1.54) is 11.3 Å². The van der Waals surface area contributed by atoms with Crippen molar-refractivity contribution in [1.82, 2.24) is 9.78 Å². The molecule has 2 aliphatic rings. The van der Waals surface area contributed by atoms with Crippen molar-refractivity contribution in [2.24, 2.45) is 0 Å². The first kappa shape index (κ1) is 25.3. The van der Waals surface area contributed by atoms with Gasteiger partial charge in [-0.05, 0) is 50.7 Å². The summed E-state index contributed by atoms with van der Waals surface area (Å²) in [7, 11) is 0. The maximum Gasteiger partial charge on any atom is 0.410 e. The summed E-state index contributed by atoms with van der Waals surface area (Å²) < 4.78 is 48.2. The Bertz CT molecular complexity index is 1330. The van der Waals surface area contributed by atoms with Crippen LogP contribution in [0.4, 0.5) is 24.0 Å². The molecule has 0 saturated heterocycles. The zero-order valence-corrected chi connectivity index (χ0v) is 21.3. The summed E-state index contributed by atoms with van der Waals surface area (Å²) in [5.74, 6) is -1.15. The number of benzene rings is 1. The molecule has 1 aromatic carbocycles. The largest absolute Gasteiger partial charge is 0.462 e. The highest BCUT2D eigenvalue weighted by molar-refractivity contribution is 7.17. The Morgan fingerprint density at radius 1 is 1.22 bits per heavy atom. The Morgan fingerprint density at radius 3 is 2.65 bits per heavy atom. The lowest BCUT2D eigenvalue weighted by molar-refractivity contribution is -0.173. The van der Waals surface area contributed by atoms with Crippen molar-refractivity contribution < 1.29 is 27.5 Å². The minimum Gasteiger partial charge on any atom is -0.462 e. The van der Waals surface area contributed by atoms with Gasteiger partial charge in [0.25, 0.3) is 5.91 Å². The van der Waals surface area contributed by atoms with Crippen molar-refractivity contribution in [2.75, 3.05) is 17.2 Å². The molecule has 11 heteroatoms. The Labute approximate surface area is 216 Å². The number of aryl methyl sites for hydroxylation is 2. The van der Waals surface area contributed by atoms with Crippen LogP contribution in [0, 0.1) is 6.92 Å². The molecule has 0 bridgehead atoms. The number of halogens is 3. The molecule has 0 unspecified atom stereocenters. The predicted molar refractivity (Wildman–Crippen MR) is 134 cm³/mol. The lowest BCUT2D eigenvalue weighted by Gasteiger charge is -2.34. The van der Waals surface area contributed by atoms with Crippen LogP contribution in [0.2, 0.25) is 0 Å². The molecule has 2 N–H and O–H groups in total. The fourth-order valence-electron chi connectivity index (χ4n) is 4.99. The SMILES string of the molecule is CCOC(=O)c1c(NC(=O)c2cnn3c2N[C@H](c2ccc(C)cc2)C[C@@H]3C(F)(F)F)sc2c1CCCC2. The number of hydrogen-bond acceptors (Lipinski definition) is 6. The van der Waals surface area contributed by atoms with E-state index in [2.05, 4.69) is 15.7 Å². The predicted octanol–water partition coefficient (Wildman–Crippen LogP) is 6.22. The summed E-state index contributed by atoms with van der Waals surface area (Å²) in [4.78, 5) is 27.2. The smallest absolute Gasteiger partial charge is 0.410 e. The molecule has 37 heavy (non-hydrogen) atoms. The van der Waals surface area contributed by atoms with Crippen molar-refractivity contribution in [3.05, 3.63) is 63.2 Å². The van der Waals surface area contributed by atoms with Gasteiger partial charge in [0.15, 0.2) is 6.04 Å². The third-order valence-electron chi connectivity index (χ3n) is 6.84. The van der Waals surface area contributed by atoms with Gasteiger partial charge in [0.1, 0.15) is 16.4 Å². The second-order valence-electron chi connectivity index (χ2n) is 9.34. The molecule has 0 spiro atoms. The molecule has 3 heterocycles. The Kier molecular flexibility index (Phi) is 6.74. The van der Waals surface area contributed by atoms with Crippen LogP contribution < -0.4 is 10.6 Å². The Morgan fingerprint density at radius 2 is 1.95 bits per heavy atom. The van der Waals surface area contributed by atoms with E-state index in [9.17, 15) is 22.8 Å². The van der Waals surface area contributed by atoms with Crippen LogP contribution in [0.5, 0.6) is 0 Å². The minimum absolute atomic E-state index is 0.00402. The fourth-order valence-corrected chi connectivity index (χ4v) is 6.26. The van der Waals surface area contributed by atoms with Gasteiger partial charge in [-0.15, -0.1) is 11.3 Å². The van der Waals surface area contributed by atoms with Gasteiger partial charge in [0.05, 0.1) is 24.4 Å². The Hall–Kier alpha value is -3.34. The number of aromatic nitrogens is 2. The number of hydrogen-bond donors (Lipinski definition) is 2.